The average Bonchev–Trinajstić information content (AvgIpc) is 2.59. The topological polar surface area (TPSA) is 6.48 Å². The Morgan fingerprint density at radius 1 is 0.812 bits per heavy atom. The highest BCUT2D eigenvalue weighted by Crippen LogP contribution is 2.17. The molecule has 0 aliphatic carbocycles. The molecule has 0 radical (unpaired) electrons. The fraction of sp³-hybridized carbons (Fsp3) is 1.00. The Kier molecular flexibility index (Phi) is 7.06. The molecule has 0 unspecified atom stereocenters. The van der Waals surface area contributed by atoms with Crippen molar-refractivity contribution in [3.8, 4) is 0 Å². The molecule has 1 rings (SSSR count). The van der Waals surface area contributed by atoms with Gasteiger partial charge in [-0.2, -0.15) is 0 Å². The van der Waals surface area contributed by atoms with Gasteiger partial charge in [0.25, 0.3) is 0 Å². The van der Waals surface area contributed by atoms with Crippen LogP contribution >= 0.6 is 0 Å². The number of likely N-dealkylation sites (N-methyl/N-ethyl adjacent to an activating group) is 2. The third-order valence-electron chi connectivity index (χ3n) is 3.89. The summed E-state index contributed by atoms with van der Waals surface area (Å²) in [5.74, 6) is 0. The van der Waals surface area contributed by atoms with E-state index in [0.29, 0.717) is 0 Å². The van der Waals surface area contributed by atoms with Gasteiger partial charge in [-0.1, -0.05) is 51.9 Å². The summed E-state index contributed by atoms with van der Waals surface area (Å²) in [5.41, 5.74) is 0. The van der Waals surface area contributed by atoms with Crippen LogP contribution in [0, 0.1) is 0 Å². The molecular formula is C14H30N2. The van der Waals surface area contributed by atoms with E-state index in [1.807, 2.05) is 0 Å². The standard InChI is InChI=1S/C14H30N2/c1-4-5-6-7-8-9-10-11-14-15(2)12-13-16(14)3/h14H,4-13H2,1-3H3. The molecule has 96 valence electrons. The van der Waals surface area contributed by atoms with Crippen LogP contribution in [-0.2, 0) is 0 Å². The van der Waals surface area contributed by atoms with Crippen LogP contribution in [0.4, 0.5) is 0 Å². The second kappa shape index (κ2) is 8.08. The summed E-state index contributed by atoms with van der Waals surface area (Å²) in [5, 5.41) is 0. The number of unbranched alkanes of at least 4 members (excludes halogenated alkanes) is 6. The second-order valence-electron chi connectivity index (χ2n) is 5.35. The van der Waals surface area contributed by atoms with Crippen molar-refractivity contribution >= 4 is 0 Å². The zero-order valence-electron chi connectivity index (χ0n) is 11.5. The van der Waals surface area contributed by atoms with Gasteiger partial charge in [-0.3, -0.25) is 9.80 Å². The van der Waals surface area contributed by atoms with Gasteiger partial charge in [0.05, 0.1) is 6.17 Å². The Morgan fingerprint density at radius 3 is 1.88 bits per heavy atom. The van der Waals surface area contributed by atoms with Crippen LogP contribution < -0.4 is 0 Å². The minimum atomic E-state index is 0.718. The van der Waals surface area contributed by atoms with Gasteiger partial charge < -0.3 is 0 Å². The van der Waals surface area contributed by atoms with Gasteiger partial charge in [-0.15, -0.1) is 0 Å². The molecule has 1 heterocycles. The van der Waals surface area contributed by atoms with Crippen molar-refractivity contribution in [2.75, 3.05) is 27.2 Å². The first-order valence-electron chi connectivity index (χ1n) is 7.16. The SMILES string of the molecule is CCCCCCCCCC1N(C)CCN1C. The maximum atomic E-state index is 2.50. The van der Waals surface area contributed by atoms with Crippen molar-refractivity contribution in [1.29, 1.82) is 0 Å². The van der Waals surface area contributed by atoms with E-state index in [4.69, 9.17) is 0 Å². The highest BCUT2D eigenvalue weighted by atomic mass is 15.4. The van der Waals surface area contributed by atoms with E-state index in [-0.39, 0.29) is 0 Å². The first-order valence-corrected chi connectivity index (χ1v) is 7.16. The third kappa shape index (κ3) is 4.84. The Hall–Kier alpha value is -0.0800. The molecule has 0 N–H and O–H groups in total. The van der Waals surface area contributed by atoms with E-state index in [2.05, 4.69) is 30.8 Å². The molecule has 1 aliphatic heterocycles. The fourth-order valence-corrected chi connectivity index (χ4v) is 2.67. The Balaban J connectivity index is 1.94. The molecule has 0 spiro atoms. The van der Waals surface area contributed by atoms with Gasteiger partial charge in [0.15, 0.2) is 0 Å². The molecule has 0 saturated carbocycles. The number of hydrogen-bond acceptors (Lipinski definition) is 2. The predicted octanol–water partition coefficient (Wildman–Crippen LogP) is 3.33. The summed E-state index contributed by atoms with van der Waals surface area (Å²) >= 11 is 0. The van der Waals surface area contributed by atoms with Crippen LogP contribution in [0.5, 0.6) is 0 Å². The predicted molar refractivity (Wildman–Crippen MR) is 71.7 cm³/mol. The minimum Gasteiger partial charge on any atom is -0.290 e. The van der Waals surface area contributed by atoms with Gasteiger partial charge in [0, 0.05) is 13.1 Å². The lowest BCUT2D eigenvalue weighted by molar-refractivity contribution is 0.171. The zero-order valence-corrected chi connectivity index (χ0v) is 11.5. The molecule has 1 fully saturated rings. The van der Waals surface area contributed by atoms with E-state index in [1.54, 1.807) is 0 Å². The number of hydrogen-bond donors (Lipinski definition) is 0. The molecule has 0 amide bonds. The third-order valence-corrected chi connectivity index (χ3v) is 3.89. The first kappa shape index (κ1) is 14.0. The summed E-state index contributed by atoms with van der Waals surface area (Å²) in [4.78, 5) is 4.99. The summed E-state index contributed by atoms with van der Waals surface area (Å²) in [7, 11) is 4.52. The van der Waals surface area contributed by atoms with Crippen molar-refractivity contribution in [2.45, 2.75) is 64.5 Å². The van der Waals surface area contributed by atoms with Gasteiger partial charge in [-0.05, 0) is 20.5 Å². The minimum absolute atomic E-state index is 0.718. The molecule has 0 aromatic carbocycles. The molecule has 0 aromatic rings. The largest absolute Gasteiger partial charge is 0.290 e. The Bertz CT molecular complexity index is 160. The molecule has 1 aliphatic rings. The van der Waals surface area contributed by atoms with E-state index in [1.165, 1.54) is 64.5 Å². The van der Waals surface area contributed by atoms with E-state index >= 15 is 0 Å². The van der Waals surface area contributed by atoms with Crippen molar-refractivity contribution in [3.05, 3.63) is 0 Å². The quantitative estimate of drug-likeness (QED) is 0.586. The maximum absolute atomic E-state index is 2.50. The molecule has 16 heavy (non-hydrogen) atoms. The number of rotatable bonds is 8. The van der Waals surface area contributed by atoms with E-state index in [9.17, 15) is 0 Å². The average molecular weight is 226 g/mol. The first-order chi connectivity index (χ1) is 7.75. The normalized spacial score (nSPS) is 19.7. The van der Waals surface area contributed by atoms with E-state index < -0.39 is 0 Å². The summed E-state index contributed by atoms with van der Waals surface area (Å²) < 4.78 is 0. The highest BCUT2D eigenvalue weighted by Gasteiger charge is 2.24. The smallest absolute Gasteiger partial charge is 0.0618 e. The van der Waals surface area contributed by atoms with Crippen LogP contribution in [0.2, 0.25) is 0 Å². The van der Waals surface area contributed by atoms with Crippen molar-refractivity contribution in [3.63, 3.8) is 0 Å². The van der Waals surface area contributed by atoms with Crippen molar-refractivity contribution in [1.82, 2.24) is 9.80 Å². The van der Waals surface area contributed by atoms with Crippen LogP contribution in [0.15, 0.2) is 0 Å². The lowest BCUT2D eigenvalue weighted by Gasteiger charge is -2.24. The number of nitrogens with zero attached hydrogens (tertiary/aromatic N) is 2. The van der Waals surface area contributed by atoms with Crippen molar-refractivity contribution in [2.24, 2.45) is 0 Å². The summed E-state index contributed by atoms with van der Waals surface area (Å²) in [6.45, 7) is 4.78. The Labute approximate surface area is 102 Å². The molecule has 2 nitrogen and oxygen atoms in total. The van der Waals surface area contributed by atoms with Gasteiger partial charge in [0.2, 0.25) is 0 Å². The van der Waals surface area contributed by atoms with Gasteiger partial charge in [0.1, 0.15) is 0 Å². The molecule has 2 heteroatoms. The zero-order chi connectivity index (χ0) is 11.8. The van der Waals surface area contributed by atoms with Crippen molar-refractivity contribution < 1.29 is 0 Å². The van der Waals surface area contributed by atoms with Crippen LogP contribution in [0.1, 0.15) is 58.3 Å². The fourth-order valence-electron chi connectivity index (χ4n) is 2.67. The molecule has 0 bridgehead atoms. The molecule has 1 saturated heterocycles. The van der Waals surface area contributed by atoms with Crippen LogP contribution in [0.25, 0.3) is 0 Å². The molecular weight excluding hydrogens is 196 g/mol. The van der Waals surface area contributed by atoms with Gasteiger partial charge in [-0.25, -0.2) is 0 Å². The maximum Gasteiger partial charge on any atom is 0.0618 e. The summed E-state index contributed by atoms with van der Waals surface area (Å²) in [6.07, 6.45) is 12.0. The van der Waals surface area contributed by atoms with Gasteiger partial charge >= 0.3 is 0 Å². The lowest BCUT2D eigenvalue weighted by Crippen LogP contribution is -2.34. The van der Waals surface area contributed by atoms with E-state index in [0.717, 1.165) is 6.17 Å². The lowest BCUT2D eigenvalue weighted by atomic mass is 10.1. The van der Waals surface area contributed by atoms with Crippen LogP contribution in [0.3, 0.4) is 0 Å². The Morgan fingerprint density at radius 2 is 1.31 bits per heavy atom. The molecule has 0 aromatic heterocycles. The monoisotopic (exact) mass is 226 g/mol. The highest BCUT2D eigenvalue weighted by molar-refractivity contribution is 4.76. The summed E-state index contributed by atoms with van der Waals surface area (Å²) in [6, 6.07) is 0. The van der Waals surface area contributed by atoms with Crippen LogP contribution in [-0.4, -0.2) is 43.2 Å². The molecule has 0 atom stereocenters. The second-order valence-corrected chi connectivity index (χ2v) is 5.35.